The molecule has 1 aromatic rings. The van der Waals surface area contributed by atoms with E-state index in [9.17, 15) is 0 Å². The summed E-state index contributed by atoms with van der Waals surface area (Å²) in [4.78, 5) is 0. The van der Waals surface area contributed by atoms with Gasteiger partial charge < -0.3 is 9.47 Å². The molecule has 96 valence electrons. The van der Waals surface area contributed by atoms with Crippen molar-refractivity contribution >= 4 is 0 Å². The quantitative estimate of drug-likeness (QED) is 0.590. The van der Waals surface area contributed by atoms with Crippen molar-refractivity contribution in [1.29, 1.82) is 0 Å². The van der Waals surface area contributed by atoms with Gasteiger partial charge in [-0.25, -0.2) is 0 Å². The van der Waals surface area contributed by atoms with Crippen molar-refractivity contribution in [3.63, 3.8) is 0 Å². The molecule has 2 nitrogen and oxygen atoms in total. The Morgan fingerprint density at radius 2 is 1.41 bits per heavy atom. The number of ether oxygens (including phenoxy) is 2. The normalized spacial score (nSPS) is 10.2. The van der Waals surface area contributed by atoms with Crippen molar-refractivity contribution < 1.29 is 9.47 Å². The van der Waals surface area contributed by atoms with Crippen LogP contribution in [0.15, 0.2) is 24.3 Å². The summed E-state index contributed by atoms with van der Waals surface area (Å²) >= 11 is 0. The molecule has 0 aliphatic heterocycles. The predicted octanol–water partition coefficient (Wildman–Crippen LogP) is 4.43. The van der Waals surface area contributed by atoms with Crippen LogP contribution in [-0.2, 0) is 0 Å². The van der Waals surface area contributed by atoms with Crippen molar-refractivity contribution in [3.05, 3.63) is 24.3 Å². The first-order valence-electron chi connectivity index (χ1n) is 6.73. The zero-order valence-corrected chi connectivity index (χ0v) is 11.1. The van der Waals surface area contributed by atoms with Crippen molar-refractivity contribution in [2.45, 2.75) is 46.0 Å². The Labute approximate surface area is 105 Å². The fourth-order valence-corrected chi connectivity index (χ4v) is 1.61. The molecule has 2 heteroatoms. The van der Waals surface area contributed by atoms with Crippen LogP contribution in [0.4, 0.5) is 0 Å². The number of para-hydroxylation sites is 2. The summed E-state index contributed by atoms with van der Waals surface area (Å²) in [7, 11) is 0. The third-order valence-corrected chi connectivity index (χ3v) is 2.57. The fraction of sp³-hybridized carbons (Fsp3) is 0.600. The van der Waals surface area contributed by atoms with Gasteiger partial charge in [0.1, 0.15) is 0 Å². The van der Waals surface area contributed by atoms with Crippen LogP contribution >= 0.6 is 0 Å². The molecule has 1 rings (SSSR count). The summed E-state index contributed by atoms with van der Waals surface area (Å²) in [6, 6.07) is 7.91. The predicted molar refractivity (Wildman–Crippen MR) is 71.9 cm³/mol. The Morgan fingerprint density at radius 1 is 0.765 bits per heavy atom. The molecule has 0 fully saturated rings. The van der Waals surface area contributed by atoms with Crippen LogP contribution < -0.4 is 9.47 Å². The minimum atomic E-state index is 0.746. The molecule has 0 aromatic heterocycles. The largest absolute Gasteiger partial charge is 0.490 e. The lowest BCUT2D eigenvalue weighted by Crippen LogP contribution is -2.01. The first-order valence-corrected chi connectivity index (χ1v) is 6.73. The van der Waals surface area contributed by atoms with E-state index in [1.54, 1.807) is 0 Å². The Morgan fingerprint density at radius 3 is 2.00 bits per heavy atom. The summed E-state index contributed by atoms with van der Waals surface area (Å²) < 4.78 is 11.4. The molecular weight excluding hydrogens is 212 g/mol. The lowest BCUT2D eigenvalue weighted by atomic mass is 10.2. The second-order valence-corrected chi connectivity index (χ2v) is 4.20. The van der Waals surface area contributed by atoms with E-state index in [-0.39, 0.29) is 0 Å². The van der Waals surface area contributed by atoms with E-state index >= 15 is 0 Å². The van der Waals surface area contributed by atoms with E-state index in [4.69, 9.17) is 9.47 Å². The summed E-state index contributed by atoms with van der Waals surface area (Å²) in [5.74, 6) is 1.74. The molecule has 0 aliphatic carbocycles. The van der Waals surface area contributed by atoms with Crippen LogP contribution in [0.3, 0.4) is 0 Å². The molecule has 0 N–H and O–H groups in total. The van der Waals surface area contributed by atoms with Gasteiger partial charge in [0.25, 0.3) is 0 Å². The Bertz CT molecular complexity index is 297. The first-order chi connectivity index (χ1) is 8.38. The summed E-state index contributed by atoms with van der Waals surface area (Å²) in [5, 5.41) is 0. The fourth-order valence-electron chi connectivity index (χ4n) is 1.61. The van der Waals surface area contributed by atoms with Gasteiger partial charge in [-0.15, -0.1) is 0 Å². The van der Waals surface area contributed by atoms with E-state index in [0.29, 0.717) is 0 Å². The molecule has 17 heavy (non-hydrogen) atoms. The smallest absolute Gasteiger partial charge is 0.161 e. The van der Waals surface area contributed by atoms with Gasteiger partial charge in [-0.3, -0.25) is 0 Å². The molecule has 0 atom stereocenters. The second-order valence-electron chi connectivity index (χ2n) is 4.20. The number of rotatable bonds is 9. The minimum Gasteiger partial charge on any atom is -0.490 e. The SMILES string of the molecule is CCCCCCOc1ccccc1OCCC. The highest BCUT2D eigenvalue weighted by Crippen LogP contribution is 2.26. The van der Waals surface area contributed by atoms with Crippen LogP contribution in [0, 0.1) is 0 Å². The average Bonchev–Trinajstić information content (AvgIpc) is 2.37. The van der Waals surface area contributed by atoms with Crippen molar-refractivity contribution in [3.8, 4) is 11.5 Å². The summed E-state index contributed by atoms with van der Waals surface area (Å²) in [5.41, 5.74) is 0. The standard InChI is InChI=1S/C15H24O2/c1-3-5-6-9-13-17-15-11-8-7-10-14(15)16-12-4-2/h7-8,10-11H,3-6,9,12-13H2,1-2H3. The molecule has 0 radical (unpaired) electrons. The number of hydrogen-bond donors (Lipinski definition) is 0. The van der Waals surface area contributed by atoms with Crippen LogP contribution in [0.1, 0.15) is 46.0 Å². The van der Waals surface area contributed by atoms with Gasteiger partial charge in [-0.05, 0) is 25.0 Å². The van der Waals surface area contributed by atoms with Gasteiger partial charge in [0.2, 0.25) is 0 Å². The maximum Gasteiger partial charge on any atom is 0.161 e. The van der Waals surface area contributed by atoms with Crippen LogP contribution in [0.2, 0.25) is 0 Å². The number of benzene rings is 1. The first kappa shape index (κ1) is 13.9. The molecule has 0 unspecified atom stereocenters. The Kier molecular flexibility index (Phi) is 7.28. The number of unbranched alkanes of at least 4 members (excludes halogenated alkanes) is 3. The van der Waals surface area contributed by atoms with Crippen LogP contribution in [0.5, 0.6) is 11.5 Å². The molecule has 0 saturated heterocycles. The minimum absolute atomic E-state index is 0.746. The molecular formula is C15H24O2. The highest BCUT2D eigenvalue weighted by Gasteiger charge is 2.02. The second kappa shape index (κ2) is 8.91. The van der Waals surface area contributed by atoms with Crippen LogP contribution in [0.25, 0.3) is 0 Å². The maximum absolute atomic E-state index is 5.76. The molecule has 0 aliphatic rings. The highest BCUT2D eigenvalue weighted by atomic mass is 16.5. The molecule has 0 amide bonds. The third kappa shape index (κ3) is 5.62. The topological polar surface area (TPSA) is 18.5 Å². The van der Waals surface area contributed by atoms with E-state index in [1.807, 2.05) is 24.3 Å². The van der Waals surface area contributed by atoms with E-state index in [1.165, 1.54) is 19.3 Å². The van der Waals surface area contributed by atoms with Gasteiger partial charge >= 0.3 is 0 Å². The van der Waals surface area contributed by atoms with Gasteiger partial charge in [-0.1, -0.05) is 45.2 Å². The average molecular weight is 236 g/mol. The van der Waals surface area contributed by atoms with E-state index in [2.05, 4.69) is 13.8 Å². The summed E-state index contributed by atoms with van der Waals surface area (Å²) in [6.45, 7) is 5.85. The zero-order valence-electron chi connectivity index (χ0n) is 11.1. The lowest BCUT2D eigenvalue weighted by molar-refractivity contribution is 0.263. The van der Waals surface area contributed by atoms with Crippen molar-refractivity contribution in [2.24, 2.45) is 0 Å². The maximum atomic E-state index is 5.76. The molecule has 0 heterocycles. The molecule has 0 saturated carbocycles. The van der Waals surface area contributed by atoms with Gasteiger partial charge in [0.15, 0.2) is 11.5 Å². The van der Waals surface area contributed by atoms with Crippen LogP contribution in [-0.4, -0.2) is 13.2 Å². The third-order valence-electron chi connectivity index (χ3n) is 2.57. The van der Waals surface area contributed by atoms with Gasteiger partial charge in [0.05, 0.1) is 13.2 Å². The Balaban J connectivity index is 2.35. The zero-order chi connectivity index (χ0) is 12.3. The van der Waals surface area contributed by atoms with Gasteiger partial charge in [0, 0.05) is 0 Å². The monoisotopic (exact) mass is 236 g/mol. The van der Waals surface area contributed by atoms with Gasteiger partial charge in [-0.2, -0.15) is 0 Å². The molecule has 1 aromatic carbocycles. The summed E-state index contributed by atoms with van der Waals surface area (Å²) in [6.07, 6.45) is 5.93. The molecule has 0 bridgehead atoms. The van der Waals surface area contributed by atoms with Crippen molar-refractivity contribution in [2.75, 3.05) is 13.2 Å². The van der Waals surface area contributed by atoms with Crippen molar-refractivity contribution in [1.82, 2.24) is 0 Å². The van der Waals surface area contributed by atoms with E-state index in [0.717, 1.165) is 37.6 Å². The lowest BCUT2D eigenvalue weighted by Gasteiger charge is -2.11. The highest BCUT2D eigenvalue weighted by molar-refractivity contribution is 5.39. The Hall–Kier alpha value is -1.18. The number of hydrogen-bond acceptors (Lipinski definition) is 2. The molecule has 0 spiro atoms. The van der Waals surface area contributed by atoms with E-state index < -0.39 is 0 Å².